The predicted molar refractivity (Wildman–Crippen MR) is 154 cm³/mol. The number of phenols is 1. The van der Waals surface area contributed by atoms with E-state index in [2.05, 4.69) is 5.16 Å². The minimum absolute atomic E-state index is 0.00237. The van der Waals surface area contributed by atoms with Crippen molar-refractivity contribution < 1.29 is 39.6 Å². The second-order valence-corrected chi connectivity index (χ2v) is 13.1. The van der Waals surface area contributed by atoms with Crippen LogP contribution in [0, 0.1) is 11.8 Å². The zero-order chi connectivity index (χ0) is 31.1. The van der Waals surface area contributed by atoms with Crippen molar-refractivity contribution in [2.24, 2.45) is 22.7 Å². The third-order valence-electron chi connectivity index (χ3n) is 8.65. The molecule has 1 spiro atoms. The van der Waals surface area contributed by atoms with Gasteiger partial charge in [-0.3, -0.25) is 14.5 Å². The lowest BCUT2D eigenvalue weighted by Gasteiger charge is -2.46. The van der Waals surface area contributed by atoms with Crippen molar-refractivity contribution >= 4 is 23.2 Å². The van der Waals surface area contributed by atoms with Gasteiger partial charge in [0.05, 0.1) is 17.3 Å². The maximum absolute atomic E-state index is 14.2. The Bertz CT molecular complexity index is 1460. The van der Waals surface area contributed by atoms with Crippen LogP contribution in [0.2, 0.25) is 0 Å². The van der Waals surface area contributed by atoms with Gasteiger partial charge in [0.25, 0.3) is 5.91 Å². The number of benzene rings is 1. The Morgan fingerprint density at radius 2 is 1.86 bits per heavy atom. The van der Waals surface area contributed by atoms with Crippen LogP contribution in [0.15, 0.2) is 34.2 Å². The maximum Gasteiger partial charge on any atom is 0.253 e. The van der Waals surface area contributed by atoms with E-state index in [9.17, 15) is 30.0 Å². The highest BCUT2D eigenvalue weighted by Gasteiger charge is 2.85. The molecule has 1 heterocycles. The number of aliphatic hydroxyl groups is 3. The highest BCUT2D eigenvalue weighted by atomic mass is 16.8. The molecule has 0 radical (unpaired) electrons. The van der Waals surface area contributed by atoms with Crippen LogP contribution in [0.1, 0.15) is 50.3 Å². The van der Waals surface area contributed by atoms with E-state index in [1.165, 1.54) is 6.07 Å². The summed E-state index contributed by atoms with van der Waals surface area (Å²) < 4.78 is 5.70. The number of aromatic hydroxyl groups is 1. The Morgan fingerprint density at radius 3 is 2.43 bits per heavy atom. The van der Waals surface area contributed by atoms with Crippen molar-refractivity contribution in [3.8, 4) is 5.75 Å². The van der Waals surface area contributed by atoms with Gasteiger partial charge in [-0.1, -0.05) is 5.16 Å². The van der Waals surface area contributed by atoms with Gasteiger partial charge < -0.3 is 40.6 Å². The first-order chi connectivity index (χ1) is 19.5. The first-order valence-corrected chi connectivity index (χ1v) is 14.0. The van der Waals surface area contributed by atoms with Crippen molar-refractivity contribution in [1.82, 2.24) is 9.80 Å². The van der Waals surface area contributed by atoms with Crippen LogP contribution in [-0.2, 0) is 25.6 Å². The summed E-state index contributed by atoms with van der Waals surface area (Å²) >= 11 is 0. The van der Waals surface area contributed by atoms with Crippen LogP contribution in [0.25, 0.3) is 5.76 Å². The zero-order valence-electron chi connectivity index (χ0n) is 25.1. The van der Waals surface area contributed by atoms with Crippen molar-refractivity contribution in [1.29, 1.82) is 0 Å². The molecular weight excluding hydrogens is 544 g/mol. The molecule has 228 valence electrons. The van der Waals surface area contributed by atoms with Gasteiger partial charge in [0.1, 0.15) is 28.4 Å². The molecule has 12 heteroatoms. The summed E-state index contributed by atoms with van der Waals surface area (Å²) in [5.41, 5.74) is 4.51. The number of aliphatic hydroxyl groups excluding tert-OH is 2. The Kier molecular flexibility index (Phi) is 7.00. The van der Waals surface area contributed by atoms with Crippen LogP contribution in [0.4, 0.5) is 0 Å². The van der Waals surface area contributed by atoms with Crippen molar-refractivity contribution in [2.75, 3.05) is 34.7 Å². The number of carbonyl (C=O) groups excluding carboxylic acids is 2. The lowest BCUT2D eigenvalue weighted by molar-refractivity contribution is -0.127. The number of ketones is 1. The van der Waals surface area contributed by atoms with Gasteiger partial charge >= 0.3 is 0 Å². The second-order valence-electron chi connectivity index (χ2n) is 13.1. The molecule has 6 N–H and O–H groups in total. The molecule has 12 nitrogen and oxygen atoms in total. The minimum atomic E-state index is -2.42. The molecule has 1 aromatic carbocycles. The molecule has 4 aliphatic rings. The molecule has 1 unspecified atom stereocenters. The molecule has 5 atom stereocenters. The van der Waals surface area contributed by atoms with Crippen LogP contribution in [0.5, 0.6) is 5.75 Å². The number of Topliss-reactive ketones (excluding diaryl/α,β-unsaturated/α-hetero) is 1. The third-order valence-corrected chi connectivity index (χ3v) is 8.65. The highest BCUT2D eigenvalue weighted by Crippen LogP contribution is 2.67. The number of hydrogen-bond acceptors (Lipinski definition) is 11. The first kappa shape index (κ1) is 30.0. The number of fused-ring (bicyclic) bond motifs is 2. The third kappa shape index (κ3) is 4.31. The monoisotopic (exact) mass is 584 g/mol. The minimum Gasteiger partial charge on any atom is -0.510 e. The number of epoxide rings is 1. The zero-order valence-corrected chi connectivity index (χ0v) is 25.1. The van der Waals surface area contributed by atoms with Gasteiger partial charge in [-0.05, 0) is 85.4 Å². The molecule has 3 aliphatic carbocycles. The Morgan fingerprint density at radius 1 is 1.19 bits per heavy atom. The fourth-order valence-corrected chi connectivity index (χ4v) is 6.88. The van der Waals surface area contributed by atoms with E-state index in [1.54, 1.807) is 25.1 Å². The fourth-order valence-electron chi connectivity index (χ4n) is 6.88. The van der Waals surface area contributed by atoms with Crippen molar-refractivity contribution in [2.45, 2.75) is 63.1 Å². The quantitative estimate of drug-likeness (QED) is 0.179. The predicted octanol–water partition coefficient (Wildman–Crippen LogP) is 1.59. The topological polar surface area (TPSA) is 182 Å². The summed E-state index contributed by atoms with van der Waals surface area (Å²) in [6.07, 6.45) is 1.01. The standard InChI is InChI=1S/C30H40N4O8/c1-28(2,3)42-32-18(10-11-33(4)5)15-8-9-19(35)21-16(15)12-14-13-17-23(34(6)7)25(37)22(27(31)39)30(40)29(17,41-30)26(38)20(14)24(21)36/h8-9,14,17,23,35-37,40H,10-13H2,1-7H3,(H2,31,39)/b32-18+/t14-,17-,23-,29-,30?/m0/s1. The number of oxime groups is 1. The van der Waals surface area contributed by atoms with E-state index < -0.39 is 63.6 Å². The lowest BCUT2D eigenvalue weighted by atomic mass is 9.58. The van der Waals surface area contributed by atoms with Crippen molar-refractivity contribution in [3.63, 3.8) is 0 Å². The van der Waals surface area contributed by atoms with E-state index >= 15 is 0 Å². The Labute approximate surface area is 244 Å². The molecule has 2 fully saturated rings. The highest BCUT2D eigenvalue weighted by molar-refractivity contribution is 6.14. The van der Waals surface area contributed by atoms with Crippen LogP contribution in [-0.4, -0.2) is 105 Å². The fraction of sp³-hybridized carbons (Fsp3) is 0.567. The molecule has 1 aromatic rings. The maximum atomic E-state index is 14.2. The molecule has 0 bridgehead atoms. The van der Waals surface area contributed by atoms with Gasteiger partial charge in [-0.25, -0.2) is 0 Å². The Balaban J connectivity index is 1.66. The van der Waals surface area contributed by atoms with E-state index in [0.717, 1.165) is 0 Å². The summed E-state index contributed by atoms with van der Waals surface area (Å²) in [4.78, 5) is 36.0. The SMILES string of the molecule is CN(C)CC/C(=N\OC(C)(C)C)c1ccc(O)c2c1C[C@H]1C[C@H]3[C@H](N(C)C)C(O)=C(C(N)=O)C4(O)O[C@]34C(=O)C1=C2O. The molecule has 1 saturated heterocycles. The average molecular weight is 585 g/mol. The summed E-state index contributed by atoms with van der Waals surface area (Å²) in [5.74, 6) is -6.61. The number of nitrogens with two attached hydrogens (primary N) is 1. The molecule has 0 aromatic heterocycles. The number of phenolic OH excluding ortho intramolecular Hbond substituents is 1. The van der Waals surface area contributed by atoms with Crippen LogP contribution in [0.3, 0.4) is 0 Å². The average Bonchev–Trinajstić information content (AvgIpc) is 3.49. The van der Waals surface area contributed by atoms with E-state index in [4.69, 9.17) is 15.3 Å². The smallest absolute Gasteiger partial charge is 0.253 e. The molecule has 1 aliphatic heterocycles. The van der Waals surface area contributed by atoms with Crippen LogP contribution < -0.4 is 5.73 Å². The number of ether oxygens (including phenoxy) is 1. The second kappa shape index (κ2) is 9.80. The van der Waals surface area contributed by atoms with Gasteiger partial charge in [0.15, 0.2) is 5.60 Å². The summed E-state index contributed by atoms with van der Waals surface area (Å²) in [6, 6.07) is 2.32. The number of nitrogens with zero attached hydrogens (tertiary/aromatic N) is 3. The molecule has 1 amide bonds. The van der Waals surface area contributed by atoms with Gasteiger partial charge in [-0.2, -0.15) is 0 Å². The molecular formula is C30H40N4O8. The largest absolute Gasteiger partial charge is 0.510 e. The lowest BCUT2D eigenvalue weighted by Crippen LogP contribution is -2.60. The summed E-state index contributed by atoms with van der Waals surface area (Å²) in [6.45, 7) is 6.32. The Hall–Kier alpha value is -3.45. The van der Waals surface area contributed by atoms with Gasteiger partial charge in [0.2, 0.25) is 11.6 Å². The van der Waals surface area contributed by atoms with Gasteiger partial charge in [-0.15, -0.1) is 0 Å². The number of likely N-dealkylation sites (N-methyl/N-ethyl adjacent to an activating group) is 1. The molecule has 1 saturated carbocycles. The molecule has 42 heavy (non-hydrogen) atoms. The van der Waals surface area contributed by atoms with E-state index in [-0.39, 0.29) is 29.7 Å². The summed E-state index contributed by atoms with van der Waals surface area (Å²) in [7, 11) is 7.25. The van der Waals surface area contributed by atoms with E-state index in [1.807, 2.05) is 39.8 Å². The number of rotatable bonds is 7. The normalized spacial score (nSPS) is 30.7. The van der Waals surface area contributed by atoms with E-state index in [0.29, 0.717) is 29.8 Å². The number of carbonyl (C=O) groups is 2. The van der Waals surface area contributed by atoms with Gasteiger partial charge in [0, 0.05) is 30.0 Å². The number of amides is 1. The number of hydrogen-bond donors (Lipinski definition) is 5. The van der Waals surface area contributed by atoms with Crippen LogP contribution >= 0.6 is 0 Å². The summed E-state index contributed by atoms with van der Waals surface area (Å²) in [5, 5.41) is 49.5. The molecule has 5 rings (SSSR count). The first-order valence-electron chi connectivity index (χ1n) is 14.0. The number of primary amides is 1. The van der Waals surface area contributed by atoms with Crippen molar-refractivity contribution in [3.05, 3.63) is 45.7 Å².